The maximum absolute atomic E-state index is 12.2. The maximum Gasteiger partial charge on any atom is 0.271 e. The number of hydrogen-bond acceptors (Lipinski definition) is 4. The van der Waals surface area contributed by atoms with Gasteiger partial charge < -0.3 is 5.32 Å². The van der Waals surface area contributed by atoms with Crippen LogP contribution in [-0.4, -0.2) is 17.5 Å². The molecule has 0 aliphatic heterocycles. The molecule has 1 heterocycles. The first-order valence-electron chi connectivity index (χ1n) is 8.39. The molecule has 3 rings (SSSR count). The van der Waals surface area contributed by atoms with Gasteiger partial charge in [-0.15, -0.1) is 11.3 Å². The normalized spacial score (nSPS) is 11.1. The molecule has 2 aromatic carbocycles. The lowest BCUT2D eigenvalue weighted by Crippen LogP contribution is -2.19. The summed E-state index contributed by atoms with van der Waals surface area (Å²) in [6, 6.07) is 18.3. The smallest absolute Gasteiger partial charge is 0.271 e. The Balaban J connectivity index is 1.69. The summed E-state index contributed by atoms with van der Waals surface area (Å²) < 4.78 is 0. The molecular weight excluding hydrogens is 358 g/mol. The van der Waals surface area contributed by atoms with Crippen LogP contribution in [0.4, 0.5) is 5.69 Å². The molecule has 136 valence electrons. The molecule has 0 fully saturated rings. The Kier molecular flexibility index (Phi) is 5.78. The van der Waals surface area contributed by atoms with Gasteiger partial charge in [-0.2, -0.15) is 5.10 Å². The lowest BCUT2D eigenvalue weighted by Gasteiger charge is -2.07. The summed E-state index contributed by atoms with van der Waals surface area (Å²) in [5, 5.41) is 8.90. The maximum atomic E-state index is 12.2. The fourth-order valence-corrected chi connectivity index (χ4v) is 3.09. The summed E-state index contributed by atoms with van der Waals surface area (Å²) in [5.41, 5.74) is 6.26. The largest absolute Gasteiger partial charge is 0.321 e. The van der Waals surface area contributed by atoms with Gasteiger partial charge in [0.1, 0.15) is 0 Å². The Morgan fingerprint density at radius 1 is 0.926 bits per heavy atom. The first kappa shape index (κ1) is 18.5. The second-order valence-corrected chi connectivity index (χ2v) is 6.97. The molecule has 0 aliphatic rings. The predicted molar refractivity (Wildman–Crippen MR) is 110 cm³/mol. The number of rotatable bonds is 5. The Hall–Kier alpha value is -3.25. The Bertz CT molecular complexity index is 994. The summed E-state index contributed by atoms with van der Waals surface area (Å²) in [7, 11) is 0. The van der Waals surface area contributed by atoms with Crippen molar-refractivity contribution < 1.29 is 9.59 Å². The third-order valence-electron chi connectivity index (χ3n) is 3.89. The van der Waals surface area contributed by atoms with Gasteiger partial charge in [0.2, 0.25) is 0 Å². The number of thiophene rings is 1. The van der Waals surface area contributed by atoms with E-state index in [1.807, 2.05) is 54.8 Å². The molecule has 6 heteroatoms. The molecule has 1 aromatic heterocycles. The van der Waals surface area contributed by atoms with Crippen molar-refractivity contribution in [2.45, 2.75) is 13.8 Å². The van der Waals surface area contributed by atoms with Crippen molar-refractivity contribution in [2.75, 3.05) is 5.32 Å². The number of anilines is 1. The van der Waals surface area contributed by atoms with Crippen molar-refractivity contribution in [1.82, 2.24) is 5.43 Å². The van der Waals surface area contributed by atoms with Crippen LogP contribution in [0.2, 0.25) is 0 Å². The average Bonchev–Trinajstić information content (AvgIpc) is 3.21. The molecule has 27 heavy (non-hydrogen) atoms. The van der Waals surface area contributed by atoms with Crippen LogP contribution in [0, 0.1) is 6.92 Å². The Morgan fingerprint density at radius 3 is 2.44 bits per heavy atom. The summed E-state index contributed by atoms with van der Waals surface area (Å²) in [4.78, 5) is 25.0. The third kappa shape index (κ3) is 4.89. The summed E-state index contributed by atoms with van der Waals surface area (Å²) in [5.74, 6) is -0.412. The van der Waals surface area contributed by atoms with Crippen LogP contribution in [0.5, 0.6) is 0 Å². The zero-order valence-electron chi connectivity index (χ0n) is 15.0. The number of carbonyl (C=O) groups is 2. The molecule has 0 saturated carbocycles. The molecule has 0 aliphatic carbocycles. The second kappa shape index (κ2) is 8.42. The Morgan fingerprint density at radius 2 is 1.70 bits per heavy atom. The SMILES string of the molecule is C/C(=N\NC(=O)c1cccc(C)c1)c1cccc(NC(=O)c2cccs2)c1. The van der Waals surface area contributed by atoms with E-state index in [9.17, 15) is 9.59 Å². The highest BCUT2D eigenvalue weighted by Gasteiger charge is 2.08. The fraction of sp³-hybridized carbons (Fsp3) is 0.0952. The van der Waals surface area contributed by atoms with Crippen molar-refractivity contribution in [2.24, 2.45) is 5.10 Å². The van der Waals surface area contributed by atoms with Crippen LogP contribution in [0.25, 0.3) is 0 Å². The van der Waals surface area contributed by atoms with Crippen LogP contribution in [0.1, 0.15) is 38.1 Å². The molecule has 5 nitrogen and oxygen atoms in total. The summed E-state index contributed by atoms with van der Waals surface area (Å²) in [6.07, 6.45) is 0. The van der Waals surface area contributed by atoms with E-state index in [-0.39, 0.29) is 11.8 Å². The zero-order valence-corrected chi connectivity index (χ0v) is 15.8. The van der Waals surface area contributed by atoms with E-state index in [4.69, 9.17) is 0 Å². The van der Waals surface area contributed by atoms with Gasteiger partial charge in [0.05, 0.1) is 10.6 Å². The van der Waals surface area contributed by atoms with Crippen LogP contribution < -0.4 is 10.7 Å². The number of aryl methyl sites for hydroxylation is 1. The number of nitrogens with zero attached hydrogens (tertiary/aromatic N) is 1. The minimum absolute atomic E-state index is 0.149. The first-order chi connectivity index (χ1) is 13.0. The topological polar surface area (TPSA) is 70.6 Å². The minimum Gasteiger partial charge on any atom is -0.321 e. The highest BCUT2D eigenvalue weighted by atomic mass is 32.1. The molecule has 0 bridgehead atoms. The lowest BCUT2D eigenvalue weighted by atomic mass is 10.1. The molecule has 3 aromatic rings. The van der Waals surface area contributed by atoms with Crippen LogP contribution in [0.3, 0.4) is 0 Å². The quantitative estimate of drug-likeness (QED) is 0.509. The number of hydrogen-bond donors (Lipinski definition) is 2. The molecule has 0 atom stereocenters. The molecule has 2 amide bonds. The number of nitrogens with one attached hydrogen (secondary N) is 2. The fourth-order valence-electron chi connectivity index (χ4n) is 2.47. The zero-order chi connectivity index (χ0) is 19.2. The van der Waals surface area contributed by atoms with E-state index in [2.05, 4.69) is 15.8 Å². The average molecular weight is 377 g/mol. The van der Waals surface area contributed by atoms with E-state index >= 15 is 0 Å². The number of carbonyl (C=O) groups excluding carboxylic acids is 2. The van der Waals surface area contributed by atoms with Crippen molar-refractivity contribution in [3.05, 3.63) is 87.6 Å². The third-order valence-corrected chi connectivity index (χ3v) is 4.76. The molecule has 0 spiro atoms. The predicted octanol–water partition coefficient (Wildman–Crippen LogP) is 4.46. The summed E-state index contributed by atoms with van der Waals surface area (Å²) in [6.45, 7) is 3.73. The van der Waals surface area contributed by atoms with Crippen molar-refractivity contribution >= 4 is 34.6 Å². The van der Waals surface area contributed by atoms with E-state index in [0.29, 0.717) is 21.8 Å². The monoisotopic (exact) mass is 377 g/mol. The van der Waals surface area contributed by atoms with Gasteiger partial charge in [0.25, 0.3) is 11.8 Å². The van der Waals surface area contributed by atoms with Gasteiger partial charge >= 0.3 is 0 Å². The van der Waals surface area contributed by atoms with Gasteiger partial charge in [-0.3, -0.25) is 9.59 Å². The second-order valence-electron chi connectivity index (χ2n) is 6.02. The molecule has 2 N–H and O–H groups in total. The van der Waals surface area contributed by atoms with E-state index in [0.717, 1.165) is 11.1 Å². The van der Waals surface area contributed by atoms with E-state index in [1.54, 1.807) is 25.1 Å². The number of hydrazone groups is 1. The molecular formula is C21H19N3O2S. The van der Waals surface area contributed by atoms with Crippen LogP contribution in [0.15, 0.2) is 71.1 Å². The van der Waals surface area contributed by atoms with Crippen LogP contribution >= 0.6 is 11.3 Å². The molecule has 0 saturated heterocycles. The van der Waals surface area contributed by atoms with Crippen LogP contribution in [-0.2, 0) is 0 Å². The van der Waals surface area contributed by atoms with Crippen molar-refractivity contribution in [3.8, 4) is 0 Å². The molecule has 0 unspecified atom stereocenters. The number of benzene rings is 2. The standard InChI is InChI=1S/C21H19N3O2S/c1-14-6-3-8-17(12-14)20(25)24-23-15(2)16-7-4-9-18(13-16)22-21(26)19-10-5-11-27-19/h3-13H,1-2H3,(H,22,26)(H,24,25)/b23-15+. The highest BCUT2D eigenvalue weighted by Crippen LogP contribution is 2.15. The van der Waals surface area contributed by atoms with E-state index < -0.39 is 0 Å². The summed E-state index contributed by atoms with van der Waals surface area (Å²) >= 11 is 1.39. The Labute approximate surface area is 161 Å². The molecule has 0 radical (unpaired) electrons. The highest BCUT2D eigenvalue weighted by molar-refractivity contribution is 7.12. The number of amides is 2. The first-order valence-corrected chi connectivity index (χ1v) is 9.27. The van der Waals surface area contributed by atoms with Crippen molar-refractivity contribution in [1.29, 1.82) is 0 Å². The minimum atomic E-state index is -0.264. The van der Waals surface area contributed by atoms with Gasteiger partial charge in [0.15, 0.2) is 0 Å². The van der Waals surface area contributed by atoms with E-state index in [1.165, 1.54) is 11.3 Å². The van der Waals surface area contributed by atoms with Gasteiger partial charge in [-0.25, -0.2) is 5.43 Å². The van der Waals surface area contributed by atoms with Gasteiger partial charge in [0, 0.05) is 11.3 Å². The lowest BCUT2D eigenvalue weighted by molar-refractivity contribution is 0.0954. The van der Waals surface area contributed by atoms with Crippen molar-refractivity contribution in [3.63, 3.8) is 0 Å². The van der Waals surface area contributed by atoms with Gasteiger partial charge in [-0.1, -0.05) is 35.9 Å². The van der Waals surface area contributed by atoms with Gasteiger partial charge in [-0.05, 0) is 55.1 Å².